The highest BCUT2D eigenvalue weighted by Crippen LogP contribution is 2.38. The number of allylic oxidation sites excluding steroid dienone is 21. The fraction of sp³-hybridized carbons (Fsp3) is 0.657. The minimum Gasteiger partial charge on any atom is -0.756 e. The van der Waals surface area contributed by atoms with Crippen LogP contribution >= 0.6 is 7.82 Å². The van der Waals surface area contributed by atoms with E-state index in [1.165, 1.54) is 77.0 Å². The van der Waals surface area contributed by atoms with Crippen molar-refractivity contribution in [2.75, 3.05) is 40.9 Å². The number of carbonyl (C=O) groups is 2. The van der Waals surface area contributed by atoms with Gasteiger partial charge in [0.15, 0.2) is 0 Å². The third-order valence-electron chi connectivity index (χ3n) is 13.3. The van der Waals surface area contributed by atoms with Crippen LogP contribution in [0.1, 0.15) is 245 Å². The summed E-state index contributed by atoms with van der Waals surface area (Å²) in [4.78, 5) is 40.0. The van der Waals surface area contributed by atoms with Gasteiger partial charge in [-0.15, -0.1) is 0 Å². The number of unbranched alkanes of at least 4 members (excludes halogenated alkanes) is 20. The summed E-state index contributed by atoms with van der Waals surface area (Å²) in [5.41, 5.74) is 0. The maximum atomic E-state index is 13.5. The molecule has 3 atom stereocenters. The van der Waals surface area contributed by atoms with Gasteiger partial charge >= 0.3 is 5.97 Å². The molecule has 0 rings (SSSR count). The number of nitrogens with one attached hydrogen (secondary N) is 1. The maximum absolute atomic E-state index is 13.5. The third-order valence-corrected chi connectivity index (χ3v) is 14.3. The van der Waals surface area contributed by atoms with Gasteiger partial charge in [0.2, 0.25) is 5.91 Å². The van der Waals surface area contributed by atoms with Crippen LogP contribution in [0.15, 0.2) is 134 Å². The SMILES string of the molecule is CC/C=C\C/C=C\C/C=C\C/C=C\C/C=C\C/C=C\CCCCCCC(=O)OC(/C=C/CCCCCCCCCCCC)C(COP(=O)([O-])OCC[N+](C)(C)C)NC(=O)CCCCC/C=C\C/C=C\C/C=C\C/C=C\CCCCC. The molecule has 9 nitrogen and oxygen atoms in total. The molecule has 1 N–H and O–H groups in total. The van der Waals surface area contributed by atoms with Crippen molar-refractivity contribution in [2.24, 2.45) is 0 Å². The Balaban J connectivity index is 5.35. The molecule has 0 bridgehead atoms. The van der Waals surface area contributed by atoms with Crippen LogP contribution in [0.5, 0.6) is 0 Å². The Bertz CT molecular complexity index is 1830. The molecule has 3 unspecified atom stereocenters. The minimum absolute atomic E-state index is 0.0407. The first-order chi connectivity index (χ1) is 38.9. The van der Waals surface area contributed by atoms with Gasteiger partial charge in [-0.3, -0.25) is 14.2 Å². The Labute approximate surface area is 492 Å². The van der Waals surface area contributed by atoms with Gasteiger partial charge in [-0.1, -0.05) is 238 Å². The highest BCUT2D eigenvalue weighted by molar-refractivity contribution is 7.45. The Hall–Kier alpha value is -3.85. The number of hydrogen-bond acceptors (Lipinski definition) is 7. The average molecular weight is 1130 g/mol. The van der Waals surface area contributed by atoms with Gasteiger partial charge in [0.05, 0.1) is 33.8 Å². The van der Waals surface area contributed by atoms with E-state index in [9.17, 15) is 19.0 Å². The van der Waals surface area contributed by atoms with Gasteiger partial charge in [0, 0.05) is 12.8 Å². The van der Waals surface area contributed by atoms with E-state index in [2.05, 4.69) is 148 Å². The number of likely N-dealkylation sites (N-methyl/N-ethyl adjacent to an activating group) is 1. The summed E-state index contributed by atoms with van der Waals surface area (Å²) in [6.45, 7) is 6.64. The quantitative estimate of drug-likeness (QED) is 0.0212. The zero-order valence-electron chi connectivity index (χ0n) is 52.0. The topological polar surface area (TPSA) is 114 Å². The van der Waals surface area contributed by atoms with Crippen LogP contribution in [0, 0.1) is 0 Å². The Morgan fingerprint density at radius 2 is 0.800 bits per heavy atom. The van der Waals surface area contributed by atoms with E-state index in [4.69, 9.17) is 13.8 Å². The van der Waals surface area contributed by atoms with Crippen molar-refractivity contribution in [3.63, 3.8) is 0 Å². The monoisotopic (exact) mass is 1130 g/mol. The lowest BCUT2D eigenvalue weighted by molar-refractivity contribution is -0.870. The molecule has 80 heavy (non-hydrogen) atoms. The summed E-state index contributed by atoms with van der Waals surface area (Å²) < 4.78 is 30.3. The summed E-state index contributed by atoms with van der Waals surface area (Å²) in [7, 11) is 1.13. The van der Waals surface area contributed by atoms with E-state index in [1.54, 1.807) is 0 Å². The molecule has 1 amide bonds. The van der Waals surface area contributed by atoms with Crippen molar-refractivity contribution in [2.45, 2.75) is 258 Å². The molecule has 0 spiro atoms. The molecule has 0 radical (unpaired) electrons. The number of quaternary nitrogens is 1. The average Bonchev–Trinajstić information content (AvgIpc) is 3.43. The van der Waals surface area contributed by atoms with Crippen molar-refractivity contribution in [3.8, 4) is 0 Å². The molecular formula is C70H119N2O7P. The van der Waals surface area contributed by atoms with E-state index in [1.807, 2.05) is 33.3 Å². The molecule has 0 aromatic carbocycles. The molecule has 0 saturated carbocycles. The van der Waals surface area contributed by atoms with Crippen molar-refractivity contribution >= 4 is 19.7 Å². The van der Waals surface area contributed by atoms with Crippen LogP contribution in [0.25, 0.3) is 0 Å². The fourth-order valence-corrected chi connectivity index (χ4v) is 9.11. The second kappa shape index (κ2) is 58.4. The number of ether oxygens (including phenoxy) is 1. The van der Waals surface area contributed by atoms with Crippen molar-refractivity contribution < 1.29 is 37.3 Å². The first kappa shape index (κ1) is 76.1. The van der Waals surface area contributed by atoms with Crippen molar-refractivity contribution in [1.82, 2.24) is 5.32 Å². The summed E-state index contributed by atoms with van der Waals surface area (Å²) in [5.74, 6) is -0.616. The molecule has 0 aliphatic heterocycles. The molecule has 10 heteroatoms. The molecule has 0 aromatic heterocycles. The van der Waals surface area contributed by atoms with Gasteiger partial charge in [0.25, 0.3) is 7.82 Å². The maximum Gasteiger partial charge on any atom is 0.306 e. The number of carbonyl (C=O) groups excluding carboxylic acids is 2. The first-order valence-electron chi connectivity index (χ1n) is 32.0. The minimum atomic E-state index is -4.73. The molecule has 0 fully saturated rings. The lowest BCUT2D eigenvalue weighted by atomic mass is 10.1. The first-order valence-corrected chi connectivity index (χ1v) is 33.5. The number of nitrogens with zero attached hydrogens (tertiary/aromatic N) is 1. The number of rotatable bonds is 56. The Morgan fingerprint density at radius 3 is 1.24 bits per heavy atom. The molecular weight excluding hydrogens is 1010 g/mol. The lowest BCUT2D eigenvalue weighted by Gasteiger charge is -2.30. The van der Waals surface area contributed by atoms with E-state index in [-0.39, 0.29) is 31.3 Å². The van der Waals surface area contributed by atoms with Gasteiger partial charge in [-0.05, 0) is 128 Å². The predicted molar refractivity (Wildman–Crippen MR) is 343 cm³/mol. The second-order valence-corrected chi connectivity index (χ2v) is 23.6. The fourth-order valence-electron chi connectivity index (χ4n) is 8.39. The number of hydrogen-bond donors (Lipinski definition) is 1. The second-order valence-electron chi connectivity index (χ2n) is 22.2. The van der Waals surface area contributed by atoms with Gasteiger partial charge in [0.1, 0.15) is 19.3 Å². The molecule has 0 aliphatic carbocycles. The van der Waals surface area contributed by atoms with Crippen molar-refractivity contribution in [1.29, 1.82) is 0 Å². The zero-order valence-corrected chi connectivity index (χ0v) is 52.9. The predicted octanol–water partition coefficient (Wildman–Crippen LogP) is 19.4. The van der Waals surface area contributed by atoms with Crippen LogP contribution in [0.4, 0.5) is 0 Å². The highest BCUT2D eigenvalue weighted by Gasteiger charge is 2.27. The van der Waals surface area contributed by atoms with Gasteiger partial charge in [-0.2, -0.15) is 0 Å². The standard InChI is InChI=1S/C70H119N2O7P/c1-7-10-13-16-19-22-25-28-30-32-34-35-36-37-39-41-43-45-48-51-54-57-60-63-70(74)79-68(61-58-55-52-49-46-27-24-21-18-15-12-9-3)67(66-78-80(75,76)77-65-64-72(4,5)6)71-69(73)62-59-56-53-50-47-44-42-40-38-33-31-29-26-23-20-17-14-11-8-2/h10,13,19-20,22-23,28-31,34-35,37-40,43-45,47,58,61,67-68H,7-9,11-12,14-18,21,24-27,32-33,36,41-42,46,48-57,59-60,62-66H2,1-6H3,(H-,71,73,75,76)/b13-10-,22-19-,23-20-,30-28-,31-29-,35-34-,39-37-,40-38-,45-43-,47-44-,61-58+. The van der Waals surface area contributed by atoms with Crippen LogP contribution in [-0.2, 0) is 27.9 Å². The summed E-state index contributed by atoms with van der Waals surface area (Å²) in [6, 6.07) is -0.926. The lowest BCUT2D eigenvalue weighted by Crippen LogP contribution is -2.47. The summed E-state index contributed by atoms with van der Waals surface area (Å²) >= 11 is 0. The Morgan fingerprint density at radius 1 is 0.450 bits per heavy atom. The molecule has 0 saturated heterocycles. The number of phosphoric acid groups is 1. The van der Waals surface area contributed by atoms with Gasteiger partial charge < -0.3 is 28.5 Å². The number of phosphoric ester groups is 1. The number of amides is 1. The van der Waals surface area contributed by atoms with Crippen molar-refractivity contribution in [3.05, 3.63) is 134 Å². The summed E-state index contributed by atoms with van der Waals surface area (Å²) in [5, 5.41) is 3.00. The Kier molecular flexibility index (Phi) is 55.5. The van der Waals surface area contributed by atoms with E-state index >= 15 is 0 Å². The van der Waals surface area contributed by atoms with Gasteiger partial charge in [-0.25, -0.2) is 0 Å². The van der Waals surface area contributed by atoms with Crippen LogP contribution < -0.4 is 10.2 Å². The number of esters is 1. The molecule has 0 heterocycles. The highest BCUT2D eigenvalue weighted by atomic mass is 31.2. The smallest absolute Gasteiger partial charge is 0.306 e. The molecule has 0 aliphatic rings. The third kappa shape index (κ3) is 58.8. The normalized spacial score (nSPS) is 14.5. The van der Waals surface area contributed by atoms with E-state index in [0.717, 1.165) is 122 Å². The largest absolute Gasteiger partial charge is 0.756 e. The van der Waals surface area contributed by atoms with E-state index in [0.29, 0.717) is 23.9 Å². The van der Waals surface area contributed by atoms with E-state index < -0.39 is 26.6 Å². The zero-order chi connectivity index (χ0) is 58.6. The van der Waals surface area contributed by atoms with Crippen LogP contribution in [-0.4, -0.2) is 69.4 Å². The molecule has 0 aromatic rings. The van der Waals surface area contributed by atoms with Crippen LogP contribution in [0.2, 0.25) is 0 Å². The molecule has 456 valence electrons. The summed E-state index contributed by atoms with van der Waals surface area (Å²) in [6.07, 6.45) is 82.8. The van der Waals surface area contributed by atoms with Crippen LogP contribution in [0.3, 0.4) is 0 Å².